The van der Waals surface area contributed by atoms with Crippen LogP contribution in [0.2, 0.25) is 0 Å². The van der Waals surface area contributed by atoms with Crippen molar-refractivity contribution in [2.45, 2.75) is 91.0 Å². The van der Waals surface area contributed by atoms with Crippen LogP contribution in [0.25, 0.3) is 17.0 Å². The monoisotopic (exact) mass is 658 g/mol. The number of hydrogen-bond donors (Lipinski definition) is 0. The summed E-state index contributed by atoms with van der Waals surface area (Å²) < 4.78 is 18.3. The molecule has 3 saturated heterocycles. The van der Waals surface area contributed by atoms with Crippen LogP contribution in [-0.4, -0.2) is 76.4 Å². The molecule has 0 aliphatic carbocycles. The predicted molar refractivity (Wildman–Crippen MR) is 184 cm³/mol. The van der Waals surface area contributed by atoms with E-state index in [1.807, 2.05) is 76.4 Å². The smallest absolute Gasteiger partial charge is 0.324 e. The highest BCUT2D eigenvalue weighted by Crippen LogP contribution is 2.55. The van der Waals surface area contributed by atoms with Crippen LogP contribution in [0.5, 0.6) is 0 Å². The number of pyridine rings is 1. The van der Waals surface area contributed by atoms with Crippen molar-refractivity contribution < 1.29 is 33.4 Å². The normalized spacial score (nSPS) is 35.7. The Morgan fingerprint density at radius 3 is 2.50 bits per heavy atom. The number of rotatable bonds is 7. The Morgan fingerprint density at radius 1 is 1.06 bits per heavy atom. The molecule has 5 rings (SSSR count). The van der Waals surface area contributed by atoms with Crippen molar-refractivity contribution in [3.05, 3.63) is 60.8 Å². The van der Waals surface area contributed by atoms with Crippen LogP contribution >= 0.6 is 0 Å². The highest BCUT2D eigenvalue weighted by molar-refractivity contribution is 5.99. The lowest BCUT2D eigenvalue weighted by Crippen LogP contribution is -2.52. The molecule has 1 aromatic carbocycles. The molecule has 48 heavy (non-hydrogen) atoms. The first-order valence-corrected chi connectivity index (χ1v) is 17.1. The number of cyclic esters (lactones) is 1. The van der Waals surface area contributed by atoms with E-state index in [-0.39, 0.29) is 30.8 Å². The number of likely N-dealkylation sites (tertiary alicyclic amines) is 1. The van der Waals surface area contributed by atoms with E-state index in [1.54, 1.807) is 20.8 Å². The van der Waals surface area contributed by atoms with Crippen molar-refractivity contribution in [3.63, 3.8) is 0 Å². The zero-order valence-corrected chi connectivity index (χ0v) is 29.4. The molecule has 3 fully saturated rings. The number of carbonyl (C=O) groups is 4. The molecule has 3 aliphatic heterocycles. The molecule has 2 unspecified atom stereocenters. The second kappa shape index (κ2) is 13.7. The van der Waals surface area contributed by atoms with Gasteiger partial charge in [0.15, 0.2) is 0 Å². The maximum Gasteiger partial charge on any atom is 0.324 e. The second-order valence-corrected chi connectivity index (χ2v) is 15.1. The zero-order chi connectivity index (χ0) is 35.0. The lowest BCUT2D eigenvalue weighted by molar-refractivity contribution is -0.172. The summed E-state index contributed by atoms with van der Waals surface area (Å²) in [4.78, 5) is 61.6. The van der Waals surface area contributed by atoms with Crippen molar-refractivity contribution in [2.24, 2.45) is 29.1 Å². The summed E-state index contributed by atoms with van der Waals surface area (Å²) in [7, 11) is 0. The van der Waals surface area contributed by atoms with Gasteiger partial charge in [0.05, 0.1) is 17.7 Å². The Hall–Kier alpha value is -3.69. The average molecular weight is 659 g/mol. The third-order valence-electron chi connectivity index (χ3n) is 10.9. The summed E-state index contributed by atoms with van der Waals surface area (Å²) in [6.45, 7) is 17.1. The van der Waals surface area contributed by atoms with Crippen LogP contribution < -0.4 is 0 Å². The number of nitrogens with zero attached hydrogens (tertiary/aromatic N) is 2. The molecule has 4 heterocycles. The number of carbonyl (C=O) groups excluding carboxylic acids is 4. The highest BCUT2D eigenvalue weighted by atomic mass is 16.6. The predicted octanol–water partition coefficient (Wildman–Crippen LogP) is 5.99. The fourth-order valence-electron chi connectivity index (χ4n) is 8.65. The molecule has 0 N–H and O–H groups in total. The first kappa shape index (κ1) is 35.6. The van der Waals surface area contributed by atoms with E-state index < -0.39 is 58.3 Å². The van der Waals surface area contributed by atoms with Gasteiger partial charge in [-0.15, -0.1) is 6.58 Å². The molecule has 9 atom stereocenters. The third kappa shape index (κ3) is 6.77. The molecule has 0 radical (unpaired) electrons. The number of Topliss-reactive ketones (excluding diaryl/α,β-unsaturated/α-hetero) is 2. The molecule has 258 valence electrons. The highest BCUT2D eigenvalue weighted by Gasteiger charge is 2.69. The summed E-state index contributed by atoms with van der Waals surface area (Å²) in [5, 5.41) is 1.04. The topological polar surface area (TPSA) is 112 Å². The van der Waals surface area contributed by atoms with Crippen molar-refractivity contribution in [1.82, 2.24) is 9.88 Å². The molecule has 0 bridgehead atoms. The molecule has 0 spiro atoms. The quantitative estimate of drug-likeness (QED) is 0.201. The summed E-state index contributed by atoms with van der Waals surface area (Å²) in [6, 6.07) is 9.24. The molecule has 0 amide bonds. The standard InChI is InChI=1S/C39H50N2O7/c1-9-13-26(4)41-22-38(7)33-31(41)36(45)48-39(33,8)23-46-35(44)27(5)32(42)24(2)19-37(6,20-25(3)34(38)43)47-17-12-14-28-18-29-15-10-11-16-30(29)40-21-28/h9-12,14-16,18,21,24-27,31,33H,1,13,17,19-20,22-23H2,2-8H3/t24-,25-,26?,27-,31-,33?,37+,38-,39-/m1/s1. The molecule has 9 nitrogen and oxygen atoms in total. The number of para-hydroxylation sites is 1. The van der Waals surface area contributed by atoms with Gasteiger partial charge in [-0.3, -0.25) is 29.1 Å². The van der Waals surface area contributed by atoms with Crippen molar-refractivity contribution >= 4 is 40.5 Å². The van der Waals surface area contributed by atoms with Crippen molar-refractivity contribution in [1.29, 1.82) is 0 Å². The van der Waals surface area contributed by atoms with Gasteiger partial charge in [-0.2, -0.15) is 0 Å². The lowest BCUT2D eigenvalue weighted by Gasteiger charge is -2.41. The molecular formula is C39H50N2O7. The Kier molecular flexibility index (Phi) is 10.1. The maximum absolute atomic E-state index is 14.7. The van der Waals surface area contributed by atoms with Crippen LogP contribution in [-0.2, 0) is 33.4 Å². The van der Waals surface area contributed by atoms with E-state index in [0.717, 1.165) is 16.5 Å². The van der Waals surface area contributed by atoms with E-state index in [4.69, 9.17) is 14.2 Å². The zero-order valence-electron chi connectivity index (χ0n) is 29.4. The fraction of sp³-hybridized carbons (Fsp3) is 0.564. The van der Waals surface area contributed by atoms with Gasteiger partial charge in [0, 0.05) is 47.3 Å². The number of ether oxygens (including phenoxy) is 3. The Labute approximate surface area is 284 Å². The molecule has 3 aliphatic rings. The third-order valence-corrected chi connectivity index (χ3v) is 10.9. The minimum atomic E-state index is -1.25. The van der Waals surface area contributed by atoms with Crippen molar-refractivity contribution in [3.8, 4) is 0 Å². The number of hydrogen-bond acceptors (Lipinski definition) is 9. The molecule has 0 saturated carbocycles. The average Bonchev–Trinajstić information content (AvgIpc) is 3.53. The maximum atomic E-state index is 14.7. The summed E-state index contributed by atoms with van der Waals surface area (Å²) in [6.07, 6.45) is 8.78. The Morgan fingerprint density at radius 2 is 1.77 bits per heavy atom. The van der Waals surface area contributed by atoms with E-state index >= 15 is 0 Å². The molecule has 9 heteroatoms. The van der Waals surface area contributed by atoms with Gasteiger partial charge in [-0.05, 0) is 64.7 Å². The first-order valence-electron chi connectivity index (χ1n) is 17.1. The minimum Gasteiger partial charge on any atom is -0.461 e. The van der Waals surface area contributed by atoms with Crippen LogP contribution in [0.3, 0.4) is 0 Å². The van der Waals surface area contributed by atoms with Gasteiger partial charge in [0.25, 0.3) is 0 Å². The largest absolute Gasteiger partial charge is 0.461 e. The number of ketones is 2. The van der Waals surface area contributed by atoms with Crippen LogP contribution in [0.1, 0.15) is 73.3 Å². The van der Waals surface area contributed by atoms with E-state index in [1.165, 1.54) is 0 Å². The van der Waals surface area contributed by atoms with Gasteiger partial charge < -0.3 is 14.2 Å². The van der Waals surface area contributed by atoms with E-state index in [9.17, 15) is 19.2 Å². The minimum absolute atomic E-state index is 0.00123. The Balaban J connectivity index is 1.46. The number of aromatic nitrogens is 1. The number of benzene rings is 1. The van der Waals surface area contributed by atoms with Crippen LogP contribution in [0.4, 0.5) is 0 Å². The van der Waals surface area contributed by atoms with Gasteiger partial charge in [0.1, 0.15) is 35.7 Å². The van der Waals surface area contributed by atoms with Crippen LogP contribution in [0.15, 0.2) is 55.3 Å². The van der Waals surface area contributed by atoms with E-state index in [2.05, 4.69) is 22.5 Å². The van der Waals surface area contributed by atoms with Gasteiger partial charge >= 0.3 is 11.9 Å². The van der Waals surface area contributed by atoms with Crippen LogP contribution in [0, 0.1) is 29.1 Å². The number of esters is 2. The van der Waals surface area contributed by atoms with E-state index in [0.29, 0.717) is 25.8 Å². The van der Waals surface area contributed by atoms with Gasteiger partial charge in [-0.25, -0.2) is 0 Å². The fourth-order valence-corrected chi connectivity index (χ4v) is 8.65. The summed E-state index contributed by atoms with van der Waals surface area (Å²) >= 11 is 0. The van der Waals surface area contributed by atoms with Gasteiger partial charge in [-0.1, -0.05) is 57.2 Å². The second-order valence-electron chi connectivity index (χ2n) is 15.1. The molecule has 2 aromatic rings. The Bertz CT molecular complexity index is 1620. The SMILES string of the molecule is C=CCC(C)N1C[C@@]2(C)C(=O)[C@H](C)C[C@@](C)(OCC=Cc3cnc4ccccc4c3)C[C@@H](C)C(=O)[C@@H](C)C(=O)OC[C@@]3(C)OC(=O)[C@H]1C32. The lowest BCUT2D eigenvalue weighted by atomic mass is 9.64. The van der Waals surface area contributed by atoms with Gasteiger partial charge in [0.2, 0.25) is 0 Å². The summed E-state index contributed by atoms with van der Waals surface area (Å²) in [5.41, 5.74) is -1.25. The van der Waals surface area contributed by atoms with Crippen molar-refractivity contribution in [2.75, 3.05) is 19.8 Å². The molecular weight excluding hydrogens is 608 g/mol. The summed E-state index contributed by atoms with van der Waals surface area (Å²) in [5.74, 6) is -3.94. The first-order chi connectivity index (χ1) is 22.6. The molecule has 1 aromatic heterocycles. The number of fused-ring (bicyclic) bond motifs is 1.